The summed E-state index contributed by atoms with van der Waals surface area (Å²) in [6.07, 6.45) is 0. The second-order valence-electron chi connectivity index (χ2n) is 5.40. The summed E-state index contributed by atoms with van der Waals surface area (Å²) in [6, 6.07) is 10.3. The Morgan fingerprint density at radius 3 is 2.60 bits per heavy atom. The molecule has 2 aromatic carbocycles. The Labute approximate surface area is 144 Å². The third-order valence-corrected chi connectivity index (χ3v) is 3.73. The van der Waals surface area contributed by atoms with E-state index in [2.05, 4.69) is 15.5 Å². The van der Waals surface area contributed by atoms with Crippen LogP contribution in [0.2, 0.25) is 0 Å². The van der Waals surface area contributed by atoms with Crippen molar-refractivity contribution >= 4 is 5.69 Å². The van der Waals surface area contributed by atoms with Crippen molar-refractivity contribution in [3.63, 3.8) is 0 Å². The van der Waals surface area contributed by atoms with Crippen LogP contribution in [0.5, 0.6) is 11.5 Å². The molecule has 1 heterocycles. The van der Waals surface area contributed by atoms with Gasteiger partial charge in [-0.2, -0.15) is 4.98 Å². The Morgan fingerprint density at radius 2 is 1.88 bits per heavy atom. The van der Waals surface area contributed by atoms with Crippen LogP contribution in [0.3, 0.4) is 0 Å². The molecule has 0 fully saturated rings. The highest BCUT2D eigenvalue weighted by Gasteiger charge is 2.12. The number of aryl methyl sites for hydroxylation is 1. The van der Waals surface area contributed by atoms with Crippen molar-refractivity contribution < 1.29 is 18.4 Å². The third-order valence-electron chi connectivity index (χ3n) is 3.73. The molecule has 0 atom stereocenters. The first-order chi connectivity index (χ1) is 12.1. The molecule has 0 aliphatic carbocycles. The van der Waals surface area contributed by atoms with E-state index in [1.165, 1.54) is 6.07 Å². The molecule has 130 valence electrons. The van der Waals surface area contributed by atoms with Crippen molar-refractivity contribution in [3.05, 3.63) is 53.7 Å². The standard InChI is InChI=1S/C18H18FN3O3/c1-11-4-6-13(9-14(11)19)20-10-17-21-18(22-25-17)12-5-7-15(23-2)16(8-12)24-3/h4-9,20H,10H2,1-3H3. The Hall–Kier alpha value is -3.09. The lowest BCUT2D eigenvalue weighted by atomic mass is 10.2. The van der Waals surface area contributed by atoms with Gasteiger partial charge in [0.05, 0.1) is 20.8 Å². The van der Waals surface area contributed by atoms with E-state index in [1.54, 1.807) is 45.4 Å². The normalized spacial score (nSPS) is 10.6. The molecule has 0 bridgehead atoms. The van der Waals surface area contributed by atoms with Gasteiger partial charge in [-0.3, -0.25) is 0 Å². The zero-order chi connectivity index (χ0) is 17.8. The average molecular weight is 343 g/mol. The number of hydrogen-bond acceptors (Lipinski definition) is 6. The summed E-state index contributed by atoms with van der Waals surface area (Å²) in [5.41, 5.74) is 1.99. The summed E-state index contributed by atoms with van der Waals surface area (Å²) < 4.78 is 29.3. The van der Waals surface area contributed by atoms with E-state index in [9.17, 15) is 4.39 Å². The van der Waals surface area contributed by atoms with Gasteiger partial charge in [-0.15, -0.1) is 0 Å². The number of benzene rings is 2. The summed E-state index contributed by atoms with van der Waals surface area (Å²) in [6.45, 7) is 2.01. The molecule has 3 rings (SSSR count). The summed E-state index contributed by atoms with van der Waals surface area (Å²) in [5.74, 6) is 1.78. The highest BCUT2D eigenvalue weighted by Crippen LogP contribution is 2.31. The number of hydrogen-bond donors (Lipinski definition) is 1. The van der Waals surface area contributed by atoms with Gasteiger partial charge in [-0.05, 0) is 42.8 Å². The van der Waals surface area contributed by atoms with Crippen molar-refractivity contribution in [2.45, 2.75) is 13.5 Å². The maximum absolute atomic E-state index is 13.6. The quantitative estimate of drug-likeness (QED) is 0.734. The fourth-order valence-corrected chi connectivity index (χ4v) is 2.30. The maximum atomic E-state index is 13.6. The largest absolute Gasteiger partial charge is 0.493 e. The monoisotopic (exact) mass is 343 g/mol. The number of ether oxygens (including phenoxy) is 2. The van der Waals surface area contributed by atoms with Crippen LogP contribution in [0.1, 0.15) is 11.5 Å². The molecule has 7 heteroatoms. The fourth-order valence-electron chi connectivity index (χ4n) is 2.30. The molecular formula is C18H18FN3O3. The molecule has 0 aliphatic heterocycles. The van der Waals surface area contributed by atoms with E-state index in [0.717, 1.165) is 5.56 Å². The van der Waals surface area contributed by atoms with Crippen LogP contribution in [0.25, 0.3) is 11.4 Å². The molecule has 0 aliphatic rings. The molecule has 0 saturated heterocycles. The lowest BCUT2D eigenvalue weighted by Gasteiger charge is -2.07. The number of methoxy groups -OCH3 is 2. The molecule has 0 amide bonds. The van der Waals surface area contributed by atoms with Gasteiger partial charge in [0, 0.05) is 11.3 Å². The first kappa shape index (κ1) is 16.8. The lowest BCUT2D eigenvalue weighted by Crippen LogP contribution is -2.00. The lowest BCUT2D eigenvalue weighted by molar-refractivity contribution is 0.355. The molecule has 0 spiro atoms. The molecule has 3 aromatic rings. The Balaban J connectivity index is 1.73. The number of anilines is 1. The van der Waals surface area contributed by atoms with Crippen molar-refractivity contribution in [3.8, 4) is 22.9 Å². The summed E-state index contributed by atoms with van der Waals surface area (Å²) in [4.78, 5) is 4.34. The molecule has 1 N–H and O–H groups in total. The zero-order valence-electron chi connectivity index (χ0n) is 14.2. The predicted molar refractivity (Wildman–Crippen MR) is 91.3 cm³/mol. The highest BCUT2D eigenvalue weighted by molar-refractivity contribution is 5.60. The van der Waals surface area contributed by atoms with Gasteiger partial charge >= 0.3 is 0 Å². The van der Waals surface area contributed by atoms with Crippen LogP contribution in [0.15, 0.2) is 40.9 Å². The van der Waals surface area contributed by atoms with E-state index in [4.69, 9.17) is 14.0 Å². The summed E-state index contributed by atoms with van der Waals surface area (Å²) in [5, 5.41) is 7.02. The van der Waals surface area contributed by atoms with Crippen LogP contribution in [0.4, 0.5) is 10.1 Å². The molecular weight excluding hydrogens is 325 g/mol. The zero-order valence-corrected chi connectivity index (χ0v) is 14.2. The minimum absolute atomic E-state index is 0.262. The topological polar surface area (TPSA) is 69.4 Å². The van der Waals surface area contributed by atoms with Gasteiger partial charge in [-0.25, -0.2) is 4.39 Å². The van der Waals surface area contributed by atoms with Crippen molar-refractivity contribution in [1.82, 2.24) is 10.1 Å². The molecule has 6 nitrogen and oxygen atoms in total. The van der Waals surface area contributed by atoms with Gasteiger partial charge in [-0.1, -0.05) is 11.2 Å². The van der Waals surface area contributed by atoms with E-state index in [0.29, 0.717) is 41.0 Å². The number of halogens is 1. The van der Waals surface area contributed by atoms with Gasteiger partial charge in [0.25, 0.3) is 0 Å². The van der Waals surface area contributed by atoms with Crippen LogP contribution in [0, 0.1) is 12.7 Å². The van der Waals surface area contributed by atoms with E-state index >= 15 is 0 Å². The fraction of sp³-hybridized carbons (Fsp3) is 0.222. The molecule has 0 saturated carbocycles. The Kier molecular flexibility index (Phi) is 4.83. The van der Waals surface area contributed by atoms with Gasteiger partial charge < -0.3 is 19.3 Å². The van der Waals surface area contributed by atoms with Gasteiger partial charge in [0.15, 0.2) is 11.5 Å². The second kappa shape index (κ2) is 7.21. The molecule has 0 unspecified atom stereocenters. The van der Waals surface area contributed by atoms with Crippen LogP contribution >= 0.6 is 0 Å². The van der Waals surface area contributed by atoms with Gasteiger partial charge in [0.1, 0.15) is 5.82 Å². The van der Waals surface area contributed by atoms with E-state index in [1.807, 2.05) is 6.07 Å². The predicted octanol–water partition coefficient (Wildman–Crippen LogP) is 3.81. The Morgan fingerprint density at radius 1 is 1.08 bits per heavy atom. The smallest absolute Gasteiger partial charge is 0.246 e. The van der Waals surface area contributed by atoms with Crippen LogP contribution in [-0.4, -0.2) is 24.4 Å². The average Bonchev–Trinajstić information content (AvgIpc) is 3.11. The maximum Gasteiger partial charge on any atom is 0.246 e. The van der Waals surface area contributed by atoms with Crippen molar-refractivity contribution in [2.24, 2.45) is 0 Å². The molecule has 0 radical (unpaired) electrons. The van der Waals surface area contributed by atoms with E-state index < -0.39 is 0 Å². The van der Waals surface area contributed by atoms with E-state index in [-0.39, 0.29) is 5.82 Å². The number of nitrogens with one attached hydrogen (secondary N) is 1. The first-order valence-corrected chi connectivity index (χ1v) is 7.65. The SMILES string of the molecule is COc1ccc(-c2noc(CNc3ccc(C)c(F)c3)n2)cc1OC. The van der Waals surface area contributed by atoms with Crippen LogP contribution in [-0.2, 0) is 6.54 Å². The first-order valence-electron chi connectivity index (χ1n) is 7.65. The number of rotatable bonds is 6. The summed E-state index contributed by atoms with van der Waals surface area (Å²) in [7, 11) is 3.14. The Bertz CT molecular complexity index is 880. The second-order valence-corrected chi connectivity index (χ2v) is 5.40. The minimum atomic E-state index is -0.262. The van der Waals surface area contributed by atoms with Crippen molar-refractivity contribution in [2.75, 3.05) is 19.5 Å². The minimum Gasteiger partial charge on any atom is -0.493 e. The molecule has 25 heavy (non-hydrogen) atoms. The third kappa shape index (κ3) is 3.71. The molecule has 1 aromatic heterocycles. The number of nitrogens with zero attached hydrogens (tertiary/aromatic N) is 2. The van der Waals surface area contributed by atoms with Crippen molar-refractivity contribution in [1.29, 1.82) is 0 Å². The van der Waals surface area contributed by atoms with Crippen LogP contribution < -0.4 is 14.8 Å². The number of aromatic nitrogens is 2. The van der Waals surface area contributed by atoms with Gasteiger partial charge in [0.2, 0.25) is 11.7 Å². The summed E-state index contributed by atoms with van der Waals surface area (Å²) >= 11 is 0. The highest BCUT2D eigenvalue weighted by atomic mass is 19.1.